The lowest BCUT2D eigenvalue weighted by Crippen LogP contribution is -2.41. The number of aryl methyl sites for hydroxylation is 1. The SMILES string of the molecule is Cc1ncccc1-c1nnc(NC(=O)c2ccc(OC(F)(F)F)c(NC(=O)CN3CCOCC3)c2)s1. The number of ether oxygens (including phenoxy) is 2. The minimum Gasteiger partial charge on any atom is -0.404 e. The van der Waals surface area contributed by atoms with Gasteiger partial charge in [0.05, 0.1) is 25.4 Å². The van der Waals surface area contributed by atoms with Crippen LogP contribution in [0.25, 0.3) is 10.6 Å². The Morgan fingerprint density at radius 2 is 1.94 bits per heavy atom. The number of carbonyl (C=O) groups excluding carboxylic acids is 2. The van der Waals surface area contributed by atoms with Gasteiger partial charge in [-0.3, -0.25) is 24.8 Å². The van der Waals surface area contributed by atoms with E-state index >= 15 is 0 Å². The van der Waals surface area contributed by atoms with Crippen molar-refractivity contribution in [3.8, 4) is 16.3 Å². The van der Waals surface area contributed by atoms with Gasteiger partial charge in [0.25, 0.3) is 5.91 Å². The van der Waals surface area contributed by atoms with E-state index in [1.807, 2.05) is 13.0 Å². The molecule has 1 aliphatic heterocycles. The molecule has 0 radical (unpaired) electrons. The number of alkyl halides is 3. The second-order valence-electron chi connectivity index (χ2n) is 7.70. The molecule has 190 valence electrons. The van der Waals surface area contributed by atoms with Crippen molar-refractivity contribution in [3.05, 3.63) is 47.8 Å². The van der Waals surface area contributed by atoms with E-state index in [4.69, 9.17) is 4.74 Å². The average Bonchev–Trinajstić information content (AvgIpc) is 3.28. The van der Waals surface area contributed by atoms with Gasteiger partial charge < -0.3 is 14.8 Å². The van der Waals surface area contributed by atoms with E-state index in [2.05, 4.69) is 30.6 Å². The number of nitrogens with one attached hydrogen (secondary N) is 2. The monoisotopic (exact) mass is 522 g/mol. The zero-order valence-electron chi connectivity index (χ0n) is 19.0. The molecular weight excluding hydrogens is 501 g/mol. The fourth-order valence-electron chi connectivity index (χ4n) is 3.40. The standard InChI is InChI=1S/C22H21F3N6O4S/c1-13-15(3-2-6-26-13)20-29-30-21(36-20)28-19(33)14-4-5-17(35-22(23,24)25)16(11-14)27-18(32)12-31-7-9-34-10-8-31/h2-6,11H,7-10,12H2,1H3,(H,27,32)(H,28,30,33). The van der Waals surface area contributed by atoms with Gasteiger partial charge in [0.1, 0.15) is 0 Å². The number of aromatic nitrogens is 3. The average molecular weight is 523 g/mol. The summed E-state index contributed by atoms with van der Waals surface area (Å²) in [7, 11) is 0. The Hall–Kier alpha value is -3.62. The predicted octanol–water partition coefficient (Wildman–Crippen LogP) is 3.33. The van der Waals surface area contributed by atoms with Gasteiger partial charge in [-0.2, -0.15) is 0 Å². The molecule has 0 bridgehead atoms. The molecule has 0 saturated carbocycles. The molecule has 2 N–H and O–H groups in total. The third-order valence-electron chi connectivity index (χ3n) is 5.10. The molecule has 14 heteroatoms. The number of halogens is 3. The van der Waals surface area contributed by atoms with Crippen LogP contribution in [-0.2, 0) is 9.53 Å². The number of rotatable bonds is 7. The lowest BCUT2D eigenvalue weighted by molar-refractivity contribution is -0.274. The van der Waals surface area contributed by atoms with Crippen LogP contribution in [0.4, 0.5) is 24.0 Å². The number of benzene rings is 1. The van der Waals surface area contributed by atoms with Crippen LogP contribution < -0.4 is 15.4 Å². The molecule has 1 aliphatic rings. The molecule has 1 saturated heterocycles. The highest BCUT2D eigenvalue weighted by Gasteiger charge is 2.32. The molecule has 3 aromatic rings. The molecule has 0 atom stereocenters. The van der Waals surface area contributed by atoms with Crippen molar-refractivity contribution in [2.75, 3.05) is 43.5 Å². The highest BCUT2D eigenvalue weighted by atomic mass is 32.1. The van der Waals surface area contributed by atoms with E-state index in [-0.39, 0.29) is 22.9 Å². The third-order valence-corrected chi connectivity index (χ3v) is 5.97. The normalized spacial score (nSPS) is 14.3. The van der Waals surface area contributed by atoms with E-state index in [0.717, 1.165) is 40.8 Å². The largest absolute Gasteiger partial charge is 0.573 e. The van der Waals surface area contributed by atoms with Crippen molar-refractivity contribution in [1.82, 2.24) is 20.1 Å². The van der Waals surface area contributed by atoms with Crippen LogP contribution in [0.1, 0.15) is 16.1 Å². The highest BCUT2D eigenvalue weighted by Crippen LogP contribution is 2.32. The Morgan fingerprint density at radius 3 is 2.67 bits per heavy atom. The van der Waals surface area contributed by atoms with Gasteiger partial charge in [0.2, 0.25) is 11.0 Å². The molecule has 0 spiro atoms. The zero-order chi connectivity index (χ0) is 25.7. The van der Waals surface area contributed by atoms with Gasteiger partial charge in [0.15, 0.2) is 10.8 Å². The maximum absolute atomic E-state index is 12.9. The van der Waals surface area contributed by atoms with Crippen molar-refractivity contribution in [2.45, 2.75) is 13.3 Å². The first-order valence-corrected chi connectivity index (χ1v) is 11.6. The number of amides is 2. The third kappa shape index (κ3) is 6.74. The van der Waals surface area contributed by atoms with Crippen molar-refractivity contribution in [1.29, 1.82) is 0 Å². The molecule has 2 aromatic heterocycles. The zero-order valence-corrected chi connectivity index (χ0v) is 19.8. The van der Waals surface area contributed by atoms with Gasteiger partial charge in [-0.05, 0) is 37.3 Å². The molecule has 2 amide bonds. The van der Waals surface area contributed by atoms with Crippen LogP contribution in [0, 0.1) is 6.92 Å². The molecule has 1 fully saturated rings. The maximum atomic E-state index is 12.9. The van der Waals surface area contributed by atoms with Crippen LogP contribution >= 0.6 is 11.3 Å². The van der Waals surface area contributed by atoms with E-state index in [1.165, 1.54) is 0 Å². The number of hydrogen-bond acceptors (Lipinski definition) is 9. The number of anilines is 2. The topological polar surface area (TPSA) is 119 Å². The first-order chi connectivity index (χ1) is 17.2. The number of pyridine rings is 1. The van der Waals surface area contributed by atoms with Gasteiger partial charge in [-0.15, -0.1) is 23.4 Å². The summed E-state index contributed by atoms with van der Waals surface area (Å²) in [6.07, 6.45) is -3.34. The Bertz CT molecular complexity index is 1250. The van der Waals surface area contributed by atoms with Crippen LogP contribution in [0.15, 0.2) is 36.5 Å². The molecule has 4 rings (SSSR count). The molecule has 0 aliphatic carbocycles. The molecule has 36 heavy (non-hydrogen) atoms. The van der Waals surface area contributed by atoms with E-state index in [0.29, 0.717) is 31.3 Å². The van der Waals surface area contributed by atoms with Crippen molar-refractivity contribution in [3.63, 3.8) is 0 Å². The van der Waals surface area contributed by atoms with Crippen LogP contribution in [-0.4, -0.2) is 71.1 Å². The Morgan fingerprint density at radius 1 is 1.17 bits per heavy atom. The summed E-state index contributed by atoms with van der Waals surface area (Å²) >= 11 is 1.12. The van der Waals surface area contributed by atoms with E-state index in [1.54, 1.807) is 17.2 Å². The lowest BCUT2D eigenvalue weighted by atomic mass is 10.1. The van der Waals surface area contributed by atoms with Crippen molar-refractivity contribution >= 4 is 34.0 Å². The second kappa shape index (κ2) is 11.0. The first kappa shape index (κ1) is 25.5. The summed E-state index contributed by atoms with van der Waals surface area (Å²) in [4.78, 5) is 31.3. The fraction of sp³-hybridized carbons (Fsp3) is 0.318. The summed E-state index contributed by atoms with van der Waals surface area (Å²) in [5, 5.41) is 13.7. The molecule has 3 heterocycles. The number of nitrogens with zero attached hydrogens (tertiary/aromatic N) is 4. The quantitative estimate of drug-likeness (QED) is 0.485. The number of morpholine rings is 1. The maximum Gasteiger partial charge on any atom is 0.573 e. The van der Waals surface area contributed by atoms with Crippen molar-refractivity contribution < 1.29 is 32.2 Å². The summed E-state index contributed by atoms with van der Waals surface area (Å²) in [5.41, 5.74) is 1.20. The minimum absolute atomic E-state index is 0.0134. The Kier molecular flexibility index (Phi) is 7.76. The summed E-state index contributed by atoms with van der Waals surface area (Å²) in [5.74, 6) is -1.84. The Balaban J connectivity index is 1.50. The summed E-state index contributed by atoms with van der Waals surface area (Å²) in [6.45, 7) is 3.72. The van der Waals surface area contributed by atoms with Gasteiger partial charge in [-0.25, -0.2) is 0 Å². The molecule has 1 aromatic carbocycles. The molecule has 10 nitrogen and oxygen atoms in total. The van der Waals surface area contributed by atoms with Gasteiger partial charge >= 0.3 is 6.36 Å². The van der Waals surface area contributed by atoms with Crippen LogP contribution in [0.5, 0.6) is 5.75 Å². The Labute approximate surface area is 207 Å². The number of carbonyl (C=O) groups is 2. The highest BCUT2D eigenvalue weighted by molar-refractivity contribution is 7.18. The predicted molar refractivity (Wildman–Crippen MR) is 125 cm³/mol. The van der Waals surface area contributed by atoms with Gasteiger partial charge in [-0.1, -0.05) is 11.3 Å². The van der Waals surface area contributed by atoms with Crippen LogP contribution in [0.2, 0.25) is 0 Å². The van der Waals surface area contributed by atoms with E-state index in [9.17, 15) is 22.8 Å². The fourth-order valence-corrected chi connectivity index (χ4v) is 4.21. The number of hydrogen-bond donors (Lipinski definition) is 2. The molecule has 0 unspecified atom stereocenters. The molecular formula is C22H21F3N6O4S. The smallest absolute Gasteiger partial charge is 0.404 e. The summed E-state index contributed by atoms with van der Waals surface area (Å²) in [6, 6.07) is 6.81. The minimum atomic E-state index is -4.99. The first-order valence-electron chi connectivity index (χ1n) is 10.7. The van der Waals surface area contributed by atoms with E-state index < -0.39 is 23.9 Å². The summed E-state index contributed by atoms with van der Waals surface area (Å²) < 4.78 is 47.9. The van der Waals surface area contributed by atoms with Crippen molar-refractivity contribution in [2.24, 2.45) is 0 Å². The second-order valence-corrected chi connectivity index (χ2v) is 8.68. The van der Waals surface area contributed by atoms with Gasteiger partial charge in [0, 0.05) is 36.1 Å². The van der Waals surface area contributed by atoms with Crippen LogP contribution in [0.3, 0.4) is 0 Å². The lowest BCUT2D eigenvalue weighted by Gasteiger charge is -2.26.